The molecule has 0 saturated carbocycles. The van der Waals surface area contributed by atoms with Crippen LogP contribution in [0, 0.1) is 0 Å². The highest BCUT2D eigenvalue weighted by atomic mass is 35.5. The molecular formula is C31H29ClN2O5S. The standard InChI is InChI=1S/C31H29ClN2O5S/c1-3-5-9-16-39-23-15-12-20(17-24(23)38-4-2)27-26(28(35)19-10-7-6-8-11-19)29(36)30(37)34(27)31-33-22-14-13-21(32)18-25(22)40-31/h6-8,10-15,17-18,27,35H,3-5,9,16H2,1-2H3. The molecule has 5 rings (SSSR count). The first-order valence-corrected chi connectivity index (χ1v) is 14.4. The highest BCUT2D eigenvalue weighted by molar-refractivity contribution is 7.22. The van der Waals surface area contributed by atoms with E-state index >= 15 is 0 Å². The van der Waals surface area contributed by atoms with E-state index < -0.39 is 17.7 Å². The second kappa shape index (κ2) is 12.1. The fraction of sp³-hybridized carbons (Fsp3) is 0.258. The lowest BCUT2D eigenvalue weighted by molar-refractivity contribution is -0.132. The number of aliphatic hydroxyl groups excluding tert-OH is 1. The number of carbonyl (C=O) groups excluding carboxylic acids is 2. The Morgan fingerprint density at radius 3 is 2.55 bits per heavy atom. The second-order valence-electron chi connectivity index (χ2n) is 9.34. The summed E-state index contributed by atoms with van der Waals surface area (Å²) >= 11 is 7.44. The van der Waals surface area contributed by atoms with Gasteiger partial charge in [0, 0.05) is 10.6 Å². The normalized spacial score (nSPS) is 16.6. The molecule has 2 heterocycles. The van der Waals surface area contributed by atoms with Crippen LogP contribution in [0.2, 0.25) is 5.02 Å². The summed E-state index contributed by atoms with van der Waals surface area (Å²) in [5, 5.41) is 12.2. The first-order valence-electron chi connectivity index (χ1n) is 13.2. The van der Waals surface area contributed by atoms with Crippen LogP contribution in [0.3, 0.4) is 0 Å². The van der Waals surface area contributed by atoms with Gasteiger partial charge in [-0.2, -0.15) is 0 Å². The Morgan fingerprint density at radius 1 is 1.00 bits per heavy atom. The van der Waals surface area contributed by atoms with E-state index in [-0.39, 0.29) is 11.3 Å². The van der Waals surface area contributed by atoms with E-state index in [1.807, 2.05) is 13.0 Å². The lowest BCUT2D eigenvalue weighted by Crippen LogP contribution is -2.29. The number of nitrogens with zero attached hydrogens (tertiary/aromatic N) is 2. The maximum atomic E-state index is 13.6. The topological polar surface area (TPSA) is 89.0 Å². The van der Waals surface area contributed by atoms with Crippen molar-refractivity contribution in [1.82, 2.24) is 4.98 Å². The predicted octanol–water partition coefficient (Wildman–Crippen LogP) is 7.54. The third kappa shape index (κ3) is 5.42. The van der Waals surface area contributed by atoms with E-state index in [4.69, 9.17) is 21.1 Å². The van der Waals surface area contributed by atoms with Crippen molar-refractivity contribution in [2.24, 2.45) is 0 Å². The number of carbonyl (C=O) groups is 2. The number of unbranched alkanes of at least 4 members (excludes halogenated alkanes) is 2. The molecule has 3 aromatic carbocycles. The van der Waals surface area contributed by atoms with Crippen LogP contribution < -0.4 is 14.4 Å². The number of hydrogen-bond donors (Lipinski definition) is 1. The molecule has 40 heavy (non-hydrogen) atoms. The number of fused-ring (bicyclic) bond motifs is 1. The van der Waals surface area contributed by atoms with E-state index in [1.165, 1.54) is 16.2 Å². The molecule has 1 amide bonds. The summed E-state index contributed by atoms with van der Waals surface area (Å²) in [6.07, 6.45) is 3.06. The van der Waals surface area contributed by atoms with Gasteiger partial charge in [0.1, 0.15) is 5.76 Å². The van der Waals surface area contributed by atoms with Gasteiger partial charge in [-0.15, -0.1) is 0 Å². The van der Waals surface area contributed by atoms with Gasteiger partial charge < -0.3 is 14.6 Å². The Balaban J connectivity index is 1.65. The van der Waals surface area contributed by atoms with Crippen LogP contribution in [0.5, 0.6) is 11.5 Å². The number of ketones is 1. The molecule has 9 heteroatoms. The number of thiazole rings is 1. The van der Waals surface area contributed by atoms with E-state index in [9.17, 15) is 14.7 Å². The molecule has 0 aliphatic carbocycles. The summed E-state index contributed by atoms with van der Waals surface area (Å²) in [4.78, 5) is 33.1. The largest absolute Gasteiger partial charge is 0.507 e. The fourth-order valence-corrected chi connectivity index (χ4v) is 5.97. The average molecular weight is 577 g/mol. The number of rotatable bonds is 10. The maximum Gasteiger partial charge on any atom is 0.301 e. The van der Waals surface area contributed by atoms with Crippen LogP contribution in [0.25, 0.3) is 16.0 Å². The Labute approximate surface area is 241 Å². The zero-order valence-electron chi connectivity index (χ0n) is 22.2. The quantitative estimate of drug-likeness (QED) is 0.0907. The van der Waals surface area contributed by atoms with Crippen molar-refractivity contribution in [3.05, 3.63) is 88.5 Å². The smallest absolute Gasteiger partial charge is 0.301 e. The molecule has 1 fully saturated rings. The Hall–Kier alpha value is -3.88. The lowest BCUT2D eigenvalue weighted by Gasteiger charge is -2.24. The van der Waals surface area contributed by atoms with Gasteiger partial charge in [0.15, 0.2) is 16.6 Å². The van der Waals surface area contributed by atoms with Crippen molar-refractivity contribution in [1.29, 1.82) is 0 Å². The van der Waals surface area contributed by atoms with E-state index in [0.29, 0.717) is 51.5 Å². The maximum absolute atomic E-state index is 13.6. The van der Waals surface area contributed by atoms with Crippen molar-refractivity contribution < 1.29 is 24.2 Å². The van der Waals surface area contributed by atoms with Gasteiger partial charge in [-0.3, -0.25) is 14.5 Å². The number of Topliss-reactive ketones (excluding diaryl/α,β-unsaturated/α-hetero) is 1. The van der Waals surface area contributed by atoms with Crippen molar-refractivity contribution >= 4 is 55.7 Å². The first kappa shape index (κ1) is 27.7. The van der Waals surface area contributed by atoms with E-state index in [1.54, 1.807) is 60.7 Å². The predicted molar refractivity (Wildman–Crippen MR) is 158 cm³/mol. The van der Waals surface area contributed by atoms with Gasteiger partial charge in [0.25, 0.3) is 5.78 Å². The highest BCUT2D eigenvalue weighted by Crippen LogP contribution is 2.46. The van der Waals surface area contributed by atoms with Crippen LogP contribution in [0.15, 0.2) is 72.3 Å². The number of anilines is 1. The molecule has 0 spiro atoms. The number of halogens is 1. The summed E-state index contributed by atoms with van der Waals surface area (Å²) in [6.45, 7) is 4.96. The number of ether oxygens (including phenoxy) is 2. The molecule has 1 unspecified atom stereocenters. The molecule has 0 bridgehead atoms. The molecular weight excluding hydrogens is 548 g/mol. The van der Waals surface area contributed by atoms with Gasteiger partial charge in [-0.05, 0) is 49.2 Å². The van der Waals surface area contributed by atoms with Gasteiger partial charge in [-0.1, -0.05) is 79.1 Å². The van der Waals surface area contributed by atoms with E-state index in [0.717, 1.165) is 24.0 Å². The summed E-state index contributed by atoms with van der Waals surface area (Å²) in [5.74, 6) is -0.741. The number of aliphatic hydroxyl groups is 1. The lowest BCUT2D eigenvalue weighted by atomic mass is 9.95. The zero-order valence-corrected chi connectivity index (χ0v) is 23.8. The van der Waals surface area contributed by atoms with Crippen LogP contribution in [0.1, 0.15) is 50.3 Å². The van der Waals surface area contributed by atoms with Crippen LogP contribution in [0.4, 0.5) is 5.13 Å². The number of aromatic nitrogens is 1. The molecule has 1 N–H and O–H groups in total. The summed E-state index contributed by atoms with van der Waals surface area (Å²) in [7, 11) is 0. The Bertz CT molecular complexity index is 1580. The highest BCUT2D eigenvalue weighted by Gasteiger charge is 2.48. The third-order valence-electron chi connectivity index (χ3n) is 6.63. The van der Waals surface area contributed by atoms with Crippen LogP contribution in [-0.2, 0) is 9.59 Å². The fourth-order valence-electron chi connectivity index (χ4n) is 4.70. The van der Waals surface area contributed by atoms with Crippen molar-refractivity contribution in [2.45, 2.75) is 39.2 Å². The minimum atomic E-state index is -0.940. The molecule has 7 nitrogen and oxygen atoms in total. The molecule has 1 atom stereocenters. The van der Waals surface area contributed by atoms with Gasteiger partial charge in [0.2, 0.25) is 0 Å². The third-order valence-corrected chi connectivity index (χ3v) is 7.88. The number of benzene rings is 3. The minimum Gasteiger partial charge on any atom is -0.507 e. The van der Waals surface area contributed by atoms with Crippen molar-refractivity contribution in [2.75, 3.05) is 18.1 Å². The molecule has 1 aliphatic rings. The SMILES string of the molecule is CCCCCOc1ccc(C2C(=C(O)c3ccccc3)C(=O)C(=O)N2c2nc3ccc(Cl)cc3s2)cc1OCC. The molecule has 0 radical (unpaired) electrons. The number of amides is 1. The Kier molecular flexibility index (Phi) is 8.38. The monoisotopic (exact) mass is 576 g/mol. The van der Waals surface area contributed by atoms with Crippen LogP contribution >= 0.6 is 22.9 Å². The second-order valence-corrected chi connectivity index (χ2v) is 10.8. The Morgan fingerprint density at radius 2 is 1.80 bits per heavy atom. The van der Waals surface area contributed by atoms with Gasteiger partial charge in [0.05, 0.1) is 35.0 Å². The first-order chi connectivity index (χ1) is 19.4. The molecule has 206 valence electrons. The number of hydrogen-bond acceptors (Lipinski definition) is 7. The average Bonchev–Trinajstić information content (AvgIpc) is 3.49. The van der Waals surface area contributed by atoms with Gasteiger partial charge >= 0.3 is 5.91 Å². The molecule has 1 aliphatic heterocycles. The summed E-state index contributed by atoms with van der Waals surface area (Å²) < 4.78 is 12.7. The zero-order chi connectivity index (χ0) is 28.2. The van der Waals surface area contributed by atoms with Crippen molar-refractivity contribution in [3.63, 3.8) is 0 Å². The molecule has 1 saturated heterocycles. The van der Waals surface area contributed by atoms with Crippen LogP contribution in [-0.4, -0.2) is 35.0 Å². The van der Waals surface area contributed by atoms with E-state index in [2.05, 4.69) is 11.9 Å². The summed E-state index contributed by atoms with van der Waals surface area (Å²) in [6, 6.07) is 18.4. The molecule has 4 aromatic rings. The summed E-state index contributed by atoms with van der Waals surface area (Å²) in [5.41, 5.74) is 1.65. The molecule has 1 aromatic heterocycles. The minimum absolute atomic E-state index is 0.0208. The van der Waals surface area contributed by atoms with Gasteiger partial charge in [-0.25, -0.2) is 4.98 Å². The van der Waals surface area contributed by atoms with Crippen molar-refractivity contribution in [3.8, 4) is 11.5 Å².